The molecule has 4 heteroatoms. The molecule has 0 aliphatic rings. The lowest BCUT2D eigenvalue weighted by molar-refractivity contribution is -0.123. The van der Waals surface area contributed by atoms with Crippen molar-refractivity contribution in [2.75, 3.05) is 7.05 Å². The van der Waals surface area contributed by atoms with E-state index in [0.29, 0.717) is 5.02 Å². The van der Waals surface area contributed by atoms with Gasteiger partial charge in [-0.15, -0.1) is 0 Å². The van der Waals surface area contributed by atoms with Gasteiger partial charge in [0.05, 0.1) is 12.1 Å². The Labute approximate surface area is 101 Å². The molecule has 3 nitrogen and oxygen atoms in total. The third-order valence-corrected chi connectivity index (χ3v) is 2.90. The van der Waals surface area contributed by atoms with E-state index in [-0.39, 0.29) is 18.0 Å². The summed E-state index contributed by atoms with van der Waals surface area (Å²) >= 11 is 6.05. The van der Waals surface area contributed by atoms with E-state index in [1.165, 1.54) is 0 Å². The summed E-state index contributed by atoms with van der Waals surface area (Å²) in [5.41, 5.74) is 0.931. The first-order valence-corrected chi connectivity index (χ1v) is 5.66. The molecule has 1 amide bonds. The van der Waals surface area contributed by atoms with E-state index in [1.54, 1.807) is 7.05 Å². The highest BCUT2D eigenvalue weighted by Gasteiger charge is 2.15. The molecule has 0 aliphatic carbocycles. The van der Waals surface area contributed by atoms with Crippen LogP contribution in [0.25, 0.3) is 0 Å². The second kappa shape index (κ2) is 5.87. The van der Waals surface area contributed by atoms with Gasteiger partial charge in [0.2, 0.25) is 5.91 Å². The number of benzene rings is 1. The van der Waals surface area contributed by atoms with Gasteiger partial charge in [0.15, 0.2) is 0 Å². The highest BCUT2D eigenvalue weighted by atomic mass is 35.5. The molecule has 2 N–H and O–H groups in total. The first-order chi connectivity index (χ1) is 7.56. The van der Waals surface area contributed by atoms with Gasteiger partial charge < -0.3 is 10.6 Å². The van der Waals surface area contributed by atoms with Crippen molar-refractivity contribution in [3.8, 4) is 0 Å². The van der Waals surface area contributed by atoms with Crippen LogP contribution in [0.1, 0.15) is 25.5 Å². The normalized spacial score (nSPS) is 14.2. The van der Waals surface area contributed by atoms with Gasteiger partial charge in [-0.05, 0) is 32.5 Å². The van der Waals surface area contributed by atoms with Crippen molar-refractivity contribution in [1.29, 1.82) is 0 Å². The molecule has 0 bridgehead atoms. The Morgan fingerprint density at radius 3 is 2.50 bits per heavy atom. The van der Waals surface area contributed by atoms with Crippen molar-refractivity contribution in [2.24, 2.45) is 0 Å². The predicted molar refractivity (Wildman–Crippen MR) is 66.5 cm³/mol. The van der Waals surface area contributed by atoms with Crippen LogP contribution in [0.4, 0.5) is 0 Å². The molecule has 0 radical (unpaired) electrons. The summed E-state index contributed by atoms with van der Waals surface area (Å²) in [5.74, 6) is -0.0325. The summed E-state index contributed by atoms with van der Waals surface area (Å²) in [5, 5.41) is 6.47. The van der Waals surface area contributed by atoms with E-state index in [1.807, 2.05) is 38.1 Å². The summed E-state index contributed by atoms with van der Waals surface area (Å²) in [4.78, 5) is 11.7. The number of hydrogen-bond donors (Lipinski definition) is 2. The van der Waals surface area contributed by atoms with Gasteiger partial charge in [-0.2, -0.15) is 0 Å². The minimum Gasteiger partial charge on any atom is -0.348 e. The Kier molecular flexibility index (Phi) is 4.77. The second-order valence-electron chi connectivity index (χ2n) is 3.76. The largest absolute Gasteiger partial charge is 0.348 e. The number of amides is 1. The lowest BCUT2D eigenvalue weighted by Gasteiger charge is -2.18. The fourth-order valence-corrected chi connectivity index (χ4v) is 1.67. The van der Waals surface area contributed by atoms with Crippen molar-refractivity contribution in [3.05, 3.63) is 34.9 Å². The Morgan fingerprint density at radius 2 is 1.94 bits per heavy atom. The number of carbonyl (C=O) groups is 1. The number of halogens is 1. The standard InChI is InChI=1S/C12H17ClN2O/c1-8(15-12(16)9(2)14-3)10-6-4-5-7-11(10)13/h4-9,14H,1-3H3,(H,15,16)/t8-,9?/m0/s1. The molecule has 0 saturated heterocycles. The molecule has 0 aromatic heterocycles. The van der Waals surface area contributed by atoms with Crippen LogP contribution >= 0.6 is 11.6 Å². The zero-order valence-electron chi connectivity index (χ0n) is 9.75. The molecule has 1 aromatic rings. The summed E-state index contributed by atoms with van der Waals surface area (Å²) in [7, 11) is 1.75. The van der Waals surface area contributed by atoms with Gasteiger partial charge in [0.1, 0.15) is 0 Å². The van der Waals surface area contributed by atoms with Crippen LogP contribution in [0, 0.1) is 0 Å². The van der Waals surface area contributed by atoms with Gasteiger partial charge in [-0.25, -0.2) is 0 Å². The summed E-state index contributed by atoms with van der Waals surface area (Å²) < 4.78 is 0. The van der Waals surface area contributed by atoms with Gasteiger partial charge in [-0.3, -0.25) is 4.79 Å². The molecular weight excluding hydrogens is 224 g/mol. The average Bonchev–Trinajstić information content (AvgIpc) is 2.28. The van der Waals surface area contributed by atoms with Crippen LogP contribution in [-0.2, 0) is 4.79 Å². The smallest absolute Gasteiger partial charge is 0.237 e. The minimum atomic E-state index is -0.204. The number of rotatable bonds is 4. The van der Waals surface area contributed by atoms with Crippen molar-refractivity contribution < 1.29 is 4.79 Å². The fraction of sp³-hybridized carbons (Fsp3) is 0.417. The Balaban J connectivity index is 2.69. The third kappa shape index (κ3) is 3.22. The summed E-state index contributed by atoms with van der Waals surface area (Å²) in [6, 6.07) is 7.22. The van der Waals surface area contributed by atoms with Crippen LogP contribution in [0.2, 0.25) is 5.02 Å². The van der Waals surface area contributed by atoms with Crippen LogP contribution in [0.3, 0.4) is 0 Å². The quantitative estimate of drug-likeness (QED) is 0.847. The predicted octanol–water partition coefficient (Wildman–Crippen LogP) is 2.13. The molecule has 0 aliphatic heterocycles. The van der Waals surface area contributed by atoms with Crippen LogP contribution < -0.4 is 10.6 Å². The van der Waals surface area contributed by atoms with Crippen molar-refractivity contribution in [1.82, 2.24) is 10.6 Å². The highest BCUT2D eigenvalue weighted by molar-refractivity contribution is 6.31. The third-order valence-electron chi connectivity index (χ3n) is 2.56. The van der Waals surface area contributed by atoms with Crippen LogP contribution in [0.15, 0.2) is 24.3 Å². The Bertz CT molecular complexity index is 368. The maximum Gasteiger partial charge on any atom is 0.237 e. The fourth-order valence-electron chi connectivity index (χ4n) is 1.37. The van der Waals surface area contributed by atoms with Crippen LogP contribution in [-0.4, -0.2) is 19.0 Å². The van der Waals surface area contributed by atoms with Crippen molar-refractivity contribution in [2.45, 2.75) is 25.9 Å². The average molecular weight is 241 g/mol. The van der Waals surface area contributed by atoms with Gasteiger partial charge in [0, 0.05) is 5.02 Å². The molecule has 2 atom stereocenters. The molecule has 1 unspecified atom stereocenters. The molecule has 0 saturated carbocycles. The van der Waals surface area contributed by atoms with Gasteiger partial charge >= 0.3 is 0 Å². The van der Waals surface area contributed by atoms with E-state index >= 15 is 0 Å². The molecular formula is C12H17ClN2O. The number of nitrogens with one attached hydrogen (secondary N) is 2. The number of likely N-dealkylation sites (N-methyl/N-ethyl adjacent to an activating group) is 1. The monoisotopic (exact) mass is 240 g/mol. The SMILES string of the molecule is CNC(C)C(=O)N[C@@H](C)c1ccccc1Cl. The summed E-state index contributed by atoms with van der Waals surface area (Å²) in [6.45, 7) is 3.73. The molecule has 0 fully saturated rings. The van der Waals surface area contributed by atoms with Crippen LogP contribution in [0.5, 0.6) is 0 Å². The zero-order chi connectivity index (χ0) is 12.1. The highest BCUT2D eigenvalue weighted by Crippen LogP contribution is 2.21. The van der Waals surface area contributed by atoms with E-state index in [2.05, 4.69) is 10.6 Å². The molecule has 0 spiro atoms. The molecule has 16 heavy (non-hydrogen) atoms. The van der Waals surface area contributed by atoms with Gasteiger partial charge in [0.25, 0.3) is 0 Å². The minimum absolute atomic E-state index is 0.0325. The molecule has 1 aromatic carbocycles. The molecule has 1 rings (SSSR count). The van der Waals surface area contributed by atoms with Crippen molar-refractivity contribution in [3.63, 3.8) is 0 Å². The second-order valence-corrected chi connectivity index (χ2v) is 4.17. The van der Waals surface area contributed by atoms with E-state index in [4.69, 9.17) is 11.6 Å². The lowest BCUT2D eigenvalue weighted by atomic mass is 10.1. The first-order valence-electron chi connectivity index (χ1n) is 5.28. The summed E-state index contributed by atoms with van der Waals surface area (Å²) in [6.07, 6.45) is 0. The Morgan fingerprint density at radius 1 is 1.31 bits per heavy atom. The maximum atomic E-state index is 11.7. The van der Waals surface area contributed by atoms with Gasteiger partial charge in [-0.1, -0.05) is 29.8 Å². The van der Waals surface area contributed by atoms with E-state index in [9.17, 15) is 4.79 Å². The zero-order valence-corrected chi connectivity index (χ0v) is 10.5. The molecule has 0 heterocycles. The first kappa shape index (κ1) is 13.0. The topological polar surface area (TPSA) is 41.1 Å². The maximum absolute atomic E-state index is 11.7. The number of hydrogen-bond acceptors (Lipinski definition) is 2. The van der Waals surface area contributed by atoms with E-state index < -0.39 is 0 Å². The lowest BCUT2D eigenvalue weighted by Crippen LogP contribution is -2.41. The number of carbonyl (C=O) groups excluding carboxylic acids is 1. The molecule has 88 valence electrons. The van der Waals surface area contributed by atoms with E-state index in [0.717, 1.165) is 5.56 Å². The van der Waals surface area contributed by atoms with Crippen molar-refractivity contribution >= 4 is 17.5 Å². The Hall–Kier alpha value is -1.06.